The predicted molar refractivity (Wildman–Crippen MR) is 78.9 cm³/mol. The highest BCUT2D eigenvalue weighted by Gasteiger charge is 2.26. The van der Waals surface area contributed by atoms with Crippen molar-refractivity contribution in [1.29, 1.82) is 0 Å². The number of hydrogen-bond acceptors (Lipinski definition) is 4. The maximum absolute atomic E-state index is 12.4. The summed E-state index contributed by atoms with van der Waals surface area (Å²) in [5.41, 5.74) is 0.633. The smallest absolute Gasteiger partial charge is 0.255 e. The van der Waals surface area contributed by atoms with Crippen molar-refractivity contribution in [3.63, 3.8) is 0 Å². The number of carbonyl (C=O) groups excluding carboxylic acids is 1. The summed E-state index contributed by atoms with van der Waals surface area (Å²) in [5, 5.41) is 3.20. The molecule has 20 heavy (non-hydrogen) atoms. The molecule has 1 amide bonds. The Bertz CT molecular complexity index is 437. The Morgan fingerprint density at radius 3 is 2.65 bits per heavy atom. The standard InChI is InChI=1S/C15H23N3O2/c1-4-7-16-14-6-5-13(8-17-14)15(19)18-9-11(2)20-12(3)10-18/h5-6,8,11-12H,4,7,9-10H2,1-3H3,(H,16,17). The van der Waals surface area contributed by atoms with Crippen LogP contribution in [0.25, 0.3) is 0 Å². The minimum atomic E-state index is 0.0292. The van der Waals surface area contributed by atoms with Gasteiger partial charge in [0, 0.05) is 25.8 Å². The number of amides is 1. The molecule has 0 radical (unpaired) electrons. The third-order valence-electron chi connectivity index (χ3n) is 3.27. The molecule has 2 atom stereocenters. The first kappa shape index (κ1) is 14.8. The van der Waals surface area contributed by atoms with Crippen LogP contribution >= 0.6 is 0 Å². The SMILES string of the molecule is CCCNc1ccc(C(=O)N2CC(C)OC(C)C2)cn1. The van der Waals surface area contributed by atoms with Crippen molar-refractivity contribution in [2.75, 3.05) is 25.0 Å². The Labute approximate surface area is 120 Å². The monoisotopic (exact) mass is 277 g/mol. The van der Waals surface area contributed by atoms with E-state index in [-0.39, 0.29) is 18.1 Å². The van der Waals surface area contributed by atoms with Gasteiger partial charge in [-0.1, -0.05) is 6.92 Å². The van der Waals surface area contributed by atoms with Crippen molar-refractivity contribution in [3.8, 4) is 0 Å². The Morgan fingerprint density at radius 1 is 1.40 bits per heavy atom. The summed E-state index contributed by atoms with van der Waals surface area (Å²) in [6, 6.07) is 3.69. The second-order valence-electron chi connectivity index (χ2n) is 5.33. The summed E-state index contributed by atoms with van der Waals surface area (Å²) in [4.78, 5) is 18.5. The van der Waals surface area contributed by atoms with Crippen LogP contribution in [0, 0.1) is 0 Å². The van der Waals surface area contributed by atoms with Gasteiger partial charge >= 0.3 is 0 Å². The molecule has 0 spiro atoms. The topological polar surface area (TPSA) is 54.5 Å². The number of anilines is 1. The molecule has 1 aromatic rings. The molecule has 1 aliphatic rings. The Balaban J connectivity index is 2.01. The van der Waals surface area contributed by atoms with Crippen LogP contribution in [0.1, 0.15) is 37.6 Å². The van der Waals surface area contributed by atoms with Crippen LogP contribution < -0.4 is 5.32 Å². The molecule has 110 valence electrons. The van der Waals surface area contributed by atoms with Gasteiger partial charge in [-0.15, -0.1) is 0 Å². The van der Waals surface area contributed by atoms with E-state index in [0.29, 0.717) is 18.7 Å². The van der Waals surface area contributed by atoms with Crippen LogP contribution in [-0.4, -0.2) is 47.6 Å². The number of rotatable bonds is 4. The second kappa shape index (κ2) is 6.70. The van der Waals surface area contributed by atoms with E-state index >= 15 is 0 Å². The van der Waals surface area contributed by atoms with E-state index in [0.717, 1.165) is 18.8 Å². The number of hydrogen-bond donors (Lipinski definition) is 1. The Hall–Kier alpha value is -1.62. The largest absolute Gasteiger partial charge is 0.372 e. The summed E-state index contributed by atoms with van der Waals surface area (Å²) in [7, 11) is 0. The predicted octanol–water partition coefficient (Wildman–Crippen LogP) is 2.15. The number of aromatic nitrogens is 1. The van der Waals surface area contributed by atoms with Gasteiger partial charge in [0.2, 0.25) is 0 Å². The third kappa shape index (κ3) is 3.70. The first-order valence-electron chi connectivity index (χ1n) is 7.24. The zero-order chi connectivity index (χ0) is 14.5. The molecule has 0 bridgehead atoms. The Kier molecular flexibility index (Phi) is 4.95. The van der Waals surface area contributed by atoms with E-state index in [4.69, 9.17) is 4.74 Å². The average Bonchev–Trinajstić information content (AvgIpc) is 2.44. The van der Waals surface area contributed by atoms with E-state index < -0.39 is 0 Å². The third-order valence-corrected chi connectivity index (χ3v) is 3.27. The van der Waals surface area contributed by atoms with Crippen molar-refractivity contribution < 1.29 is 9.53 Å². The van der Waals surface area contributed by atoms with Crippen LogP contribution in [0.3, 0.4) is 0 Å². The van der Waals surface area contributed by atoms with Crippen LogP contribution in [0.2, 0.25) is 0 Å². The minimum Gasteiger partial charge on any atom is -0.372 e. The molecule has 2 unspecified atom stereocenters. The van der Waals surface area contributed by atoms with E-state index in [2.05, 4.69) is 17.2 Å². The molecule has 2 rings (SSSR count). The van der Waals surface area contributed by atoms with E-state index in [1.807, 2.05) is 30.9 Å². The molecule has 5 nitrogen and oxygen atoms in total. The van der Waals surface area contributed by atoms with Crippen molar-refractivity contribution in [3.05, 3.63) is 23.9 Å². The second-order valence-corrected chi connectivity index (χ2v) is 5.33. The van der Waals surface area contributed by atoms with Crippen LogP contribution in [0.5, 0.6) is 0 Å². The molecular weight excluding hydrogens is 254 g/mol. The quantitative estimate of drug-likeness (QED) is 0.916. The van der Waals surface area contributed by atoms with E-state index in [1.165, 1.54) is 0 Å². The van der Waals surface area contributed by atoms with Crippen molar-refractivity contribution >= 4 is 11.7 Å². The highest BCUT2D eigenvalue weighted by Crippen LogP contribution is 2.14. The number of carbonyl (C=O) groups is 1. The van der Waals surface area contributed by atoms with Gasteiger partial charge in [0.1, 0.15) is 5.82 Å². The zero-order valence-corrected chi connectivity index (χ0v) is 12.4. The lowest BCUT2D eigenvalue weighted by Gasteiger charge is -2.35. The molecule has 0 aromatic carbocycles. The molecule has 0 saturated carbocycles. The van der Waals surface area contributed by atoms with E-state index in [9.17, 15) is 4.79 Å². The minimum absolute atomic E-state index is 0.0292. The fraction of sp³-hybridized carbons (Fsp3) is 0.600. The van der Waals surface area contributed by atoms with E-state index in [1.54, 1.807) is 6.20 Å². The highest BCUT2D eigenvalue weighted by atomic mass is 16.5. The lowest BCUT2D eigenvalue weighted by atomic mass is 10.2. The molecule has 1 N–H and O–H groups in total. The van der Waals surface area contributed by atoms with Gasteiger partial charge in [-0.3, -0.25) is 4.79 Å². The lowest BCUT2D eigenvalue weighted by Crippen LogP contribution is -2.48. The normalized spacial score (nSPS) is 22.6. The number of nitrogens with zero attached hydrogens (tertiary/aromatic N) is 2. The van der Waals surface area contributed by atoms with Crippen LogP contribution in [0.15, 0.2) is 18.3 Å². The molecule has 5 heteroatoms. The molecule has 1 aliphatic heterocycles. The van der Waals surface area contributed by atoms with Gasteiger partial charge in [0.15, 0.2) is 0 Å². The lowest BCUT2D eigenvalue weighted by molar-refractivity contribution is -0.0586. The van der Waals surface area contributed by atoms with Gasteiger partial charge in [0.05, 0.1) is 17.8 Å². The van der Waals surface area contributed by atoms with Gasteiger partial charge in [-0.2, -0.15) is 0 Å². The Morgan fingerprint density at radius 2 is 2.10 bits per heavy atom. The molecule has 1 saturated heterocycles. The zero-order valence-electron chi connectivity index (χ0n) is 12.4. The molecular formula is C15H23N3O2. The average molecular weight is 277 g/mol. The van der Waals surface area contributed by atoms with Crippen molar-refractivity contribution in [1.82, 2.24) is 9.88 Å². The van der Waals surface area contributed by atoms with Gasteiger partial charge in [0.25, 0.3) is 5.91 Å². The van der Waals surface area contributed by atoms with Crippen LogP contribution in [-0.2, 0) is 4.74 Å². The fourth-order valence-corrected chi connectivity index (χ4v) is 2.40. The van der Waals surface area contributed by atoms with Gasteiger partial charge in [-0.05, 0) is 32.4 Å². The summed E-state index contributed by atoms with van der Waals surface area (Å²) in [5.74, 6) is 0.841. The molecule has 2 heterocycles. The number of pyridine rings is 1. The summed E-state index contributed by atoms with van der Waals surface area (Å²) in [6.45, 7) is 8.25. The first-order valence-corrected chi connectivity index (χ1v) is 7.24. The summed E-state index contributed by atoms with van der Waals surface area (Å²) >= 11 is 0. The first-order chi connectivity index (χ1) is 9.60. The summed E-state index contributed by atoms with van der Waals surface area (Å²) in [6.07, 6.45) is 2.86. The maximum Gasteiger partial charge on any atom is 0.255 e. The highest BCUT2D eigenvalue weighted by molar-refractivity contribution is 5.94. The number of nitrogens with one attached hydrogen (secondary N) is 1. The van der Waals surface area contributed by atoms with Gasteiger partial charge < -0.3 is 15.0 Å². The number of morpholine rings is 1. The molecule has 1 aromatic heterocycles. The summed E-state index contributed by atoms with van der Waals surface area (Å²) < 4.78 is 5.65. The number of ether oxygens (including phenoxy) is 1. The van der Waals surface area contributed by atoms with Crippen molar-refractivity contribution in [2.24, 2.45) is 0 Å². The molecule has 1 fully saturated rings. The molecule has 0 aliphatic carbocycles. The van der Waals surface area contributed by atoms with Crippen LogP contribution in [0.4, 0.5) is 5.82 Å². The van der Waals surface area contributed by atoms with Gasteiger partial charge in [-0.25, -0.2) is 4.98 Å². The fourth-order valence-electron chi connectivity index (χ4n) is 2.40. The van der Waals surface area contributed by atoms with Crippen molar-refractivity contribution in [2.45, 2.75) is 39.4 Å². The maximum atomic E-state index is 12.4.